The van der Waals surface area contributed by atoms with Crippen LogP contribution in [-0.2, 0) is 6.42 Å². The molecule has 1 saturated heterocycles. The number of carboxylic acid groups (broad SMARTS) is 1. The van der Waals surface area contributed by atoms with Crippen molar-refractivity contribution >= 4 is 17.7 Å². The van der Waals surface area contributed by atoms with Gasteiger partial charge in [-0.05, 0) is 43.0 Å². The van der Waals surface area contributed by atoms with E-state index < -0.39 is 5.97 Å². The number of halogens is 1. The summed E-state index contributed by atoms with van der Waals surface area (Å²) >= 11 is 0. The first-order valence-corrected chi connectivity index (χ1v) is 8.10. The summed E-state index contributed by atoms with van der Waals surface area (Å²) in [6.45, 7) is 2.44. The Balaban J connectivity index is 1.43. The Labute approximate surface area is 138 Å². The number of benzene rings is 1. The lowest BCUT2D eigenvalue weighted by Crippen LogP contribution is -2.44. The van der Waals surface area contributed by atoms with Crippen molar-refractivity contribution in [3.05, 3.63) is 41.5 Å². The summed E-state index contributed by atoms with van der Waals surface area (Å²) in [5.74, 6) is -1.26. The zero-order chi connectivity index (χ0) is 16.7. The maximum Gasteiger partial charge on any atom is 0.357 e. The van der Waals surface area contributed by atoms with E-state index in [9.17, 15) is 9.18 Å². The molecule has 0 atom stereocenters. The second kappa shape index (κ2) is 5.81. The molecule has 0 radical (unpaired) electrons. The number of carbonyl (C=O) groups is 1. The van der Waals surface area contributed by atoms with Gasteiger partial charge >= 0.3 is 5.97 Å². The molecule has 0 bridgehead atoms. The highest BCUT2D eigenvalue weighted by molar-refractivity contribution is 5.85. The van der Waals surface area contributed by atoms with E-state index in [4.69, 9.17) is 9.52 Å². The monoisotopic (exact) mass is 331 g/mol. The van der Waals surface area contributed by atoms with E-state index in [1.54, 1.807) is 6.07 Å². The molecule has 7 heteroatoms. The number of anilines is 2. The standard InChI is InChI=1S/C17H18FN3O3/c18-12-1-2-15-11(9-12)3-8-21(15)13-4-6-20(7-5-13)17-19-14(10-24-17)16(22)23/h1-2,9-10,13H,3-8H2,(H,22,23). The van der Waals surface area contributed by atoms with Gasteiger partial charge in [-0.1, -0.05) is 0 Å². The lowest BCUT2D eigenvalue weighted by molar-refractivity contribution is 0.0690. The van der Waals surface area contributed by atoms with Crippen molar-refractivity contribution in [3.63, 3.8) is 0 Å². The number of fused-ring (bicyclic) bond motifs is 1. The Bertz CT molecular complexity index is 768. The molecule has 3 heterocycles. The second-order valence-electron chi connectivity index (χ2n) is 6.26. The summed E-state index contributed by atoms with van der Waals surface area (Å²) in [5.41, 5.74) is 2.15. The van der Waals surface area contributed by atoms with Gasteiger partial charge in [0, 0.05) is 31.4 Å². The quantitative estimate of drug-likeness (QED) is 0.932. The normalized spacial score (nSPS) is 18.0. The van der Waals surface area contributed by atoms with Crippen molar-refractivity contribution < 1.29 is 18.7 Å². The molecular weight excluding hydrogens is 313 g/mol. The van der Waals surface area contributed by atoms with Gasteiger partial charge in [0.15, 0.2) is 5.69 Å². The van der Waals surface area contributed by atoms with Gasteiger partial charge in [-0.2, -0.15) is 4.98 Å². The molecule has 0 aliphatic carbocycles. The van der Waals surface area contributed by atoms with E-state index in [0.717, 1.165) is 50.1 Å². The molecule has 2 aliphatic heterocycles. The maximum absolute atomic E-state index is 13.3. The fourth-order valence-corrected chi connectivity index (χ4v) is 3.65. The van der Waals surface area contributed by atoms with Gasteiger partial charge in [0.05, 0.1) is 0 Å². The Kier molecular flexibility index (Phi) is 3.63. The van der Waals surface area contributed by atoms with Crippen LogP contribution in [0, 0.1) is 5.82 Å². The van der Waals surface area contributed by atoms with Crippen molar-refractivity contribution in [1.29, 1.82) is 0 Å². The van der Waals surface area contributed by atoms with Crippen LogP contribution in [0.1, 0.15) is 28.9 Å². The van der Waals surface area contributed by atoms with Crippen molar-refractivity contribution in [3.8, 4) is 0 Å². The SMILES string of the molecule is O=C(O)c1coc(N2CCC(N3CCc4cc(F)ccc43)CC2)n1. The highest BCUT2D eigenvalue weighted by Crippen LogP contribution is 2.33. The van der Waals surface area contributed by atoms with E-state index >= 15 is 0 Å². The average molecular weight is 331 g/mol. The Morgan fingerprint density at radius 3 is 2.79 bits per heavy atom. The Morgan fingerprint density at radius 2 is 2.08 bits per heavy atom. The third-order valence-electron chi connectivity index (χ3n) is 4.86. The van der Waals surface area contributed by atoms with Gasteiger partial charge in [0.2, 0.25) is 0 Å². The van der Waals surface area contributed by atoms with Crippen LogP contribution in [0.15, 0.2) is 28.9 Å². The molecule has 1 aromatic heterocycles. The smallest absolute Gasteiger partial charge is 0.357 e. The van der Waals surface area contributed by atoms with Crippen LogP contribution in [-0.4, -0.2) is 41.7 Å². The van der Waals surface area contributed by atoms with E-state index in [1.807, 2.05) is 11.0 Å². The van der Waals surface area contributed by atoms with Crippen molar-refractivity contribution in [2.45, 2.75) is 25.3 Å². The van der Waals surface area contributed by atoms with Crippen molar-refractivity contribution in [1.82, 2.24) is 4.98 Å². The number of nitrogens with zero attached hydrogens (tertiary/aromatic N) is 3. The molecule has 1 fully saturated rings. The summed E-state index contributed by atoms with van der Waals surface area (Å²) in [5, 5.41) is 8.92. The summed E-state index contributed by atoms with van der Waals surface area (Å²) in [6.07, 6.45) is 3.92. The summed E-state index contributed by atoms with van der Waals surface area (Å²) in [4.78, 5) is 19.2. The number of oxazole rings is 1. The van der Waals surface area contributed by atoms with Crippen LogP contribution in [0.3, 0.4) is 0 Å². The number of aromatic nitrogens is 1. The predicted octanol–water partition coefficient (Wildman–Crippen LogP) is 2.54. The molecule has 4 rings (SSSR count). The minimum atomic E-state index is -1.08. The highest BCUT2D eigenvalue weighted by Gasteiger charge is 2.30. The third kappa shape index (κ3) is 2.60. The fourth-order valence-electron chi connectivity index (χ4n) is 3.65. The molecule has 126 valence electrons. The minimum absolute atomic E-state index is 0.0670. The first-order chi connectivity index (χ1) is 11.6. The minimum Gasteiger partial charge on any atom is -0.476 e. The molecule has 24 heavy (non-hydrogen) atoms. The molecule has 0 spiro atoms. The zero-order valence-electron chi connectivity index (χ0n) is 13.1. The number of hydrogen-bond donors (Lipinski definition) is 1. The van der Waals surface area contributed by atoms with Crippen LogP contribution < -0.4 is 9.80 Å². The van der Waals surface area contributed by atoms with Crippen LogP contribution in [0.2, 0.25) is 0 Å². The molecule has 1 N–H and O–H groups in total. The number of aromatic carboxylic acids is 1. The van der Waals surface area contributed by atoms with Gasteiger partial charge in [-0.3, -0.25) is 0 Å². The largest absolute Gasteiger partial charge is 0.476 e. The summed E-state index contributed by atoms with van der Waals surface area (Å²) in [6, 6.07) is 5.80. The molecule has 2 aliphatic rings. The predicted molar refractivity (Wildman–Crippen MR) is 86.1 cm³/mol. The number of hydrogen-bond acceptors (Lipinski definition) is 5. The molecule has 6 nitrogen and oxygen atoms in total. The van der Waals surface area contributed by atoms with Gasteiger partial charge in [-0.25, -0.2) is 9.18 Å². The van der Waals surface area contributed by atoms with E-state index in [-0.39, 0.29) is 11.5 Å². The van der Waals surface area contributed by atoms with Gasteiger partial charge in [0.1, 0.15) is 12.1 Å². The van der Waals surface area contributed by atoms with Crippen LogP contribution in [0.5, 0.6) is 0 Å². The molecule has 1 aromatic carbocycles. The summed E-state index contributed by atoms with van der Waals surface area (Å²) < 4.78 is 18.6. The summed E-state index contributed by atoms with van der Waals surface area (Å²) in [7, 11) is 0. The van der Waals surface area contributed by atoms with Gasteiger partial charge in [-0.15, -0.1) is 0 Å². The van der Waals surface area contributed by atoms with Crippen molar-refractivity contribution in [2.75, 3.05) is 29.4 Å². The molecule has 2 aromatic rings. The molecule has 0 saturated carbocycles. The van der Waals surface area contributed by atoms with E-state index in [2.05, 4.69) is 9.88 Å². The topological polar surface area (TPSA) is 69.8 Å². The van der Waals surface area contributed by atoms with Crippen LogP contribution >= 0.6 is 0 Å². The first kappa shape index (κ1) is 15.0. The first-order valence-electron chi connectivity index (χ1n) is 8.10. The number of carboxylic acids is 1. The third-order valence-corrected chi connectivity index (χ3v) is 4.86. The lowest BCUT2D eigenvalue weighted by atomic mass is 10.0. The lowest BCUT2D eigenvalue weighted by Gasteiger charge is -2.37. The molecule has 0 amide bonds. The van der Waals surface area contributed by atoms with E-state index in [1.165, 1.54) is 12.3 Å². The van der Waals surface area contributed by atoms with Crippen LogP contribution in [0.25, 0.3) is 0 Å². The number of rotatable bonds is 3. The number of piperidine rings is 1. The van der Waals surface area contributed by atoms with Gasteiger partial charge < -0.3 is 19.3 Å². The van der Waals surface area contributed by atoms with Crippen molar-refractivity contribution in [2.24, 2.45) is 0 Å². The second-order valence-corrected chi connectivity index (χ2v) is 6.26. The fraction of sp³-hybridized carbons (Fsp3) is 0.412. The van der Waals surface area contributed by atoms with E-state index in [0.29, 0.717) is 12.1 Å². The van der Waals surface area contributed by atoms with Gasteiger partial charge in [0.25, 0.3) is 6.01 Å². The zero-order valence-corrected chi connectivity index (χ0v) is 13.1. The average Bonchev–Trinajstić information content (AvgIpc) is 3.22. The molecule has 0 unspecified atom stereocenters. The van der Waals surface area contributed by atoms with Crippen LogP contribution in [0.4, 0.5) is 16.1 Å². The highest BCUT2D eigenvalue weighted by atomic mass is 19.1. The Morgan fingerprint density at radius 1 is 1.29 bits per heavy atom. The molecular formula is C17H18FN3O3. The Hall–Kier alpha value is -2.57. The maximum atomic E-state index is 13.3.